The zero-order chi connectivity index (χ0) is 15.6. The minimum absolute atomic E-state index is 0.340. The lowest BCUT2D eigenvalue weighted by molar-refractivity contribution is -0.146. The highest BCUT2D eigenvalue weighted by Crippen LogP contribution is 2.23. The molecule has 0 saturated heterocycles. The van der Waals surface area contributed by atoms with Crippen LogP contribution in [0.3, 0.4) is 0 Å². The second-order valence-corrected chi connectivity index (χ2v) is 5.62. The molecule has 0 aliphatic carbocycles. The Hall–Kier alpha value is -1.68. The van der Waals surface area contributed by atoms with Gasteiger partial charge in [-0.15, -0.1) is 0 Å². The number of sulfonamides is 1. The molecule has 1 rings (SSSR count). The zero-order valence-electron chi connectivity index (χ0n) is 9.76. The number of halogens is 4. The van der Waals surface area contributed by atoms with Crippen LogP contribution in [0.25, 0.3) is 0 Å². The molecule has 0 radical (unpaired) electrons. The average molecular weight is 315 g/mol. The molecule has 0 spiro atoms. The molecular formula is C10H9F4NO4S. The summed E-state index contributed by atoms with van der Waals surface area (Å²) in [4.78, 5) is 9.48. The van der Waals surface area contributed by atoms with E-state index < -0.39 is 46.0 Å². The molecule has 5 nitrogen and oxygen atoms in total. The van der Waals surface area contributed by atoms with Crippen molar-refractivity contribution < 1.29 is 35.9 Å². The van der Waals surface area contributed by atoms with Gasteiger partial charge in [0.05, 0.1) is 0 Å². The van der Waals surface area contributed by atoms with Gasteiger partial charge in [-0.1, -0.05) is 12.1 Å². The summed E-state index contributed by atoms with van der Waals surface area (Å²) in [6, 6.07) is 3.78. The number of hydrogen-bond acceptors (Lipinski definition) is 3. The number of aliphatic carboxylic acids is 1. The van der Waals surface area contributed by atoms with E-state index in [9.17, 15) is 30.8 Å². The summed E-state index contributed by atoms with van der Waals surface area (Å²) < 4.78 is 73.7. The molecule has 0 atom stereocenters. The number of carboxylic acids is 1. The first-order valence-electron chi connectivity index (χ1n) is 5.07. The molecule has 112 valence electrons. The fraction of sp³-hybridized carbons (Fsp3) is 0.300. The maximum Gasteiger partial charge on any atom is 0.402 e. The third kappa shape index (κ3) is 4.17. The Balaban J connectivity index is 3.24. The lowest BCUT2D eigenvalue weighted by Gasteiger charge is -2.21. The third-order valence-electron chi connectivity index (χ3n) is 2.12. The molecule has 1 aromatic rings. The van der Waals surface area contributed by atoms with Crippen molar-refractivity contribution in [2.45, 2.75) is 11.1 Å². The van der Waals surface area contributed by atoms with E-state index in [1.807, 2.05) is 0 Å². The third-order valence-corrected chi connectivity index (χ3v) is 3.95. The van der Waals surface area contributed by atoms with Crippen LogP contribution in [-0.2, 0) is 14.8 Å². The first kappa shape index (κ1) is 16.4. The van der Waals surface area contributed by atoms with Gasteiger partial charge >= 0.3 is 12.1 Å². The van der Waals surface area contributed by atoms with E-state index in [1.54, 1.807) is 0 Å². The van der Waals surface area contributed by atoms with E-state index in [-0.39, 0.29) is 4.31 Å². The van der Waals surface area contributed by atoms with Gasteiger partial charge in [0.1, 0.15) is 23.8 Å². The largest absolute Gasteiger partial charge is 0.480 e. The predicted octanol–water partition coefficient (Wildman–Crippen LogP) is 1.46. The minimum atomic E-state index is -4.95. The van der Waals surface area contributed by atoms with E-state index in [1.165, 1.54) is 0 Å². The summed E-state index contributed by atoms with van der Waals surface area (Å²) in [7, 11) is -4.90. The van der Waals surface area contributed by atoms with Crippen LogP contribution in [0.1, 0.15) is 0 Å². The van der Waals surface area contributed by atoms with Crippen LogP contribution in [0.15, 0.2) is 29.2 Å². The fourth-order valence-corrected chi connectivity index (χ4v) is 2.81. The van der Waals surface area contributed by atoms with Crippen molar-refractivity contribution in [3.8, 4) is 0 Å². The Morgan fingerprint density at radius 2 is 1.80 bits per heavy atom. The molecule has 1 aromatic carbocycles. The molecule has 0 fully saturated rings. The van der Waals surface area contributed by atoms with Crippen LogP contribution in [0.5, 0.6) is 0 Å². The predicted molar refractivity (Wildman–Crippen MR) is 58.8 cm³/mol. The van der Waals surface area contributed by atoms with Crippen LogP contribution in [0.2, 0.25) is 0 Å². The highest BCUT2D eigenvalue weighted by molar-refractivity contribution is 7.89. The molecule has 20 heavy (non-hydrogen) atoms. The first-order valence-corrected chi connectivity index (χ1v) is 6.51. The molecule has 0 aliphatic rings. The van der Waals surface area contributed by atoms with Crippen molar-refractivity contribution in [3.05, 3.63) is 30.1 Å². The minimum Gasteiger partial charge on any atom is -0.480 e. The topological polar surface area (TPSA) is 74.7 Å². The number of carboxylic acid groups (broad SMARTS) is 1. The second-order valence-electron chi connectivity index (χ2n) is 3.71. The number of benzene rings is 1. The normalized spacial score (nSPS) is 12.7. The molecule has 0 bridgehead atoms. The lowest BCUT2D eigenvalue weighted by Crippen LogP contribution is -2.42. The Bertz CT molecular complexity index is 600. The maximum atomic E-state index is 13.4. The van der Waals surface area contributed by atoms with Crippen molar-refractivity contribution in [2.24, 2.45) is 0 Å². The van der Waals surface area contributed by atoms with Crippen molar-refractivity contribution in [1.82, 2.24) is 4.31 Å². The van der Waals surface area contributed by atoms with E-state index in [0.29, 0.717) is 0 Å². The molecule has 0 unspecified atom stereocenters. The number of nitrogens with zero attached hydrogens (tertiary/aromatic N) is 1. The second kappa shape index (κ2) is 5.75. The molecule has 0 amide bonds. The molecule has 10 heteroatoms. The molecule has 0 heterocycles. The Kier molecular flexibility index (Phi) is 4.71. The quantitative estimate of drug-likeness (QED) is 0.835. The summed E-state index contributed by atoms with van der Waals surface area (Å²) in [6.45, 7) is -3.44. The molecular weight excluding hydrogens is 306 g/mol. The van der Waals surface area contributed by atoms with E-state index in [2.05, 4.69) is 0 Å². The molecule has 0 aromatic heterocycles. The van der Waals surface area contributed by atoms with Gasteiger partial charge in [-0.05, 0) is 12.1 Å². The average Bonchev–Trinajstić information content (AvgIpc) is 2.25. The SMILES string of the molecule is O=C(O)CN(CC(F)(F)F)S(=O)(=O)c1ccccc1F. The number of carbonyl (C=O) groups is 1. The van der Waals surface area contributed by atoms with Crippen LogP contribution in [-0.4, -0.2) is 43.1 Å². The summed E-state index contributed by atoms with van der Waals surface area (Å²) in [5, 5.41) is 8.49. The van der Waals surface area contributed by atoms with Gasteiger partial charge in [0.2, 0.25) is 10.0 Å². The molecule has 0 aliphatic heterocycles. The highest BCUT2D eigenvalue weighted by Gasteiger charge is 2.38. The summed E-state index contributed by atoms with van der Waals surface area (Å²) >= 11 is 0. The zero-order valence-corrected chi connectivity index (χ0v) is 10.6. The first-order chi connectivity index (χ1) is 9.04. The number of rotatable bonds is 5. The van der Waals surface area contributed by atoms with Crippen molar-refractivity contribution in [3.63, 3.8) is 0 Å². The Morgan fingerprint density at radius 1 is 1.25 bits per heavy atom. The monoisotopic (exact) mass is 315 g/mol. The van der Waals surface area contributed by atoms with E-state index in [4.69, 9.17) is 5.11 Å². The fourth-order valence-electron chi connectivity index (χ4n) is 1.37. The summed E-state index contributed by atoms with van der Waals surface area (Å²) in [6.07, 6.45) is -4.95. The van der Waals surface area contributed by atoms with Gasteiger partial charge in [0.25, 0.3) is 0 Å². The summed E-state index contributed by atoms with van der Waals surface area (Å²) in [5.74, 6) is -3.04. The molecule has 0 saturated carbocycles. The van der Waals surface area contributed by atoms with E-state index in [0.717, 1.165) is 24.3 Å². The van der Waals surface area contributed by atoms with Gasteiger partial charge in [-0.3, -0.25) is 4.79 Å². The van der Waals surface area contributed by atoms with Crippen molar-refractivity contribution >= 4 is 16.0 Å². The number of alkyl halides is 3. The van der Waals surface area contributed by atoms with Crippen molar-refractivity contribution in [1.29, 1.82) is 0 Å². The van der Waals surface area contributed by atoms with Crippen LogP contribution < -0.4 is 0 Å². The van der Waals surface area contributed by atoms with Gasteiger partial charge in [-0.2, -0.15) is 17.5 Å². The lowest BCUT2D eigenvalue weighted by atomic mass is 10.4. The highest BCUT2D eigenvalue weighted by atomic mass is 32.2. The van der Waals surface area contributed by atoms with Gasteiger partial charge < -0.3 is 5.11 Å². The van der Waals surface area contributed by atoms with Gasteiger partial charge in [-0.25, -0.2) is 12.8 Å². The molecule has 1 N–H and O–H groups in total. The summed E-state index contributed by atoms with van der Waals surface area (Å²) in [5.41, 5.74) is 0. The maximum absolute atomic E-state index is 13.4. The van der Waals surface area contributed by atoms with Gasteiger partial charge in [0.15, 0.2) is 0 Å². The van der Waals surface area contributed by atoms with Crippen LogP contribution in [0, 0.1) is 5.82 Å². The van der Waals surface area contributed by atoms with E-state index >= 15 is 0 Å². The smallest absolute Gasteiger partial charge is 0.402 e. The van der Waals surface area contributed by atoms with Crippen LogP contribution >= 0.6 is 0 Å². The standard InChI is InChI=1S/C10H9F4NO4S/c11-7-3-1-2-4-8(7)20(18,19)15(5-9(16)17)6-10(12,13)14/h1-4H,5-6H2,(H,16,17). The van der Waals surface area contributed by atoms with Crippen molar-refractivity contribution in [2.75, 3.05) is 13.1 Å². The Labute approximate surface area is 111 Å². The van der Waals surface area contributed by atoms with Crippen LogP contribution in [0.4, 0.5) is 17.6 Å². The number of hydrogen-bond donors (Lipinski definition) is 1. The van der Waals surface area contributed by atoms with Gasteiger partial charge in [0, 0.05) is 0 Å². The Morgan fingerprint density at radius 3 is 2.25 bits per heavy atom.